The Labute approximate surface area is 122 Å². The Morgan fingerprint density at radius 3 is 2.60 bits per heavy atom. The van der Waals surface area contributed by atoms with Crippen LogP contribution in [-0.2, 0) is 11.3 Å². The molecule has 0 fully saturated rings. The molecule has 1 amide bonds. The molecule has 6 nitrogen and oxygen atoms in total. The molecule has 0 heterocycles. The lowest BCUT2D eigenvalue weighted by molar-refractivity contribution is -0.125. The average Bonchev–Trinajstić information content (AvgIpc) is 2.39. The second kappa shape index (κ2) is 6.58. The summed E-state index contributed by atoms with van der Waals surface area (Å²) in [6.45, 7) is 4.48. The van der Waals surface area contributed by atoms with Gasteiger partial charge >= 0.3 is 0 Å². The molecule has 0 aliphatic rings. The minimum Gasteiger partial charge on any atom is -0.409 e. The Bertz CT molecular complexity index is 529. The van der Waals surface area contributed by atoms with Gasteiger partial charge in [0.05, 0.1) is 5.41 Å². The average molecular weight is 299 g/mol. The van der Waals surface area contributed by atoms with Gasteiger partial charge in [-0.05, 0) is 25.5 Å². The van der Waals surface area contributed by atoms with Gasteiger partial charge < -0.3 is 22.0 Å². The number of primary amides is 1. The highest BCUT2D eigenvalue weighted by molar-refractivity contribution is 6.31. The largest absolute Gasteiger partial charge is 0.409 e. The molecule has 1 rings (SSSR count). The van der Waals surface area contributed by atoms with Gasteiger partial charge in [-0.1, -0.05) is 28.9 Å². The van der Waals surface area contributed by atoms with E-state index in [0.717, 1.165) is 5.56 Å². The molecule has 0 saturated heterocycles. The van der Waals surface area contributed by atoms with E-state index >= 15 is 0 Å². The molecular formula is C13H19ClN4O2. The number of amides is 1. The number of nitrogens with one attached hydrogen (secondary N) is 1. The number of carbonyl (C=O) groups excluding carboxylic acids is 1. The molecule has 0 saturated carbocycles. The van der Waals surface area contributed by atoms with Crippen LogP contribution in [0.5, 0.6) is 0 Å². The molecule has 110 valence electrons. The van der Waals surface area contributed by atoms with Crippen LogP contribution in [0.25, 0.3) is 0 Å². The minimum atomic E-state index is -0.625. The predicted octanol–water partition coefficient (Wildman–Crippen LogP) is 1.04. The van der Waals surface area contributed by atoms with Crippen LogP contribution in [0, 0.1) is 5.41 Å². The number of halogens is 1. The van der Waals surface area contributed by atoms with E-state index in [0.29, 0.717) is 23.7 Å². The van der Waals surface area contributed by atoms with Crippen molar-refractivity contribution in [3.05, 3.63) is 34.3 Å². The molecule has 1 aromatic carbocycles. The number of hydrogen-bond acceptors (Lipinski definition) is 4. The van der Waals surface area contributed by atoms with E-state index in [4.69, 9.17) is 28.3 Å². The Kier molecular flexibility index (Phi) is 5.35. The number of nitrogens with zero attached hydrogens (tertiary/aromatic N) is 1. The lowest BCUT2D eigenvalue weighted by atomic mass is 9.93. The SMILES string of the molecule is CC(C)(CNCc1ccc(/C(N)=N/O)cc1Cl)C(N)=O. The van der Waals surface area contributed by atoms with Gasteiger partial charge in [-0.25, -0.2) is 0 Å². The lowest BCUT2D eigenvalue weighted by Gasteiger charge is -2.21. The zero-order valence-corrected chi connectivity index (χ0v) is 12.2. The molecule has 0 unspecified atom stereocenters. The Morgan fingerprint density at radius 2 is 2.10 bits per heavy atom. The number of benzene rings is 1. The van der Waals surface area contributed by atoms with Crippen molar-refractivity contribution in [2.45, 2.75) is 20.4 Å². The second-order valence-corrected chi connectivity index (χ2v) is 5.55. The first-order valence-corrected chi connectivity index (χ1v) is 6.42. The zero-order chi connectivity index (χ0) is 15.3. The van der Waals surface area contributed by atoms with E-state index < -0.39 is 5.41 Å². The highest BCUT2D eigenvalue weighted by Gasteiger charge is 2.24. The van der Waals surface area contributed by atoms with Gasteiger partial charge in [-0.3, -0.25) is 4.79 Å². The van der Waals surface area contributed by atoms with Crippen LogP contribution in [0.1, 0.15) is 25.0 Å². The summed E-state index contributed by atoms with van der Waals surface area (Å²) in [6.07, 6.45) is 0. The van der Waals surface area contributed by atoms with Crippen LogP contribution >= 0.6 is 11.6 Å². The molecule has 0 aromatic heterocycles. The number of amidine groups is 1. The van der Waals surface area contributed by atoms with Crippen LogP contribution in [0.3, 0.4) is 0 Å². The van der Waals surface area contributed by atoms with E-state index in [9.17, 15) is 4.79 Å². The quantitative estimate of drug-likeness (QED) is 0.272. The van der Waals surface area contributed by atoms with Crippen molar-refractivity contribution in [3.8, 4) is 0 Å². The topological polar surface area (TPSA) is 114 Å². The van der Waals surface area contributed by atoms with Gasteiger partial charge in [0, 0.05) is 23.7 Å². The Morgan fingerprint density at radius 1 is 1.45 bits per heavy atom. The van der Waals surface area contributed by atoms with Gasteiger partial charge in [-0.2, -0.15) is 0 Å². The van der Waals surface area contributed by atoms with Gasteiger partial charge in [0.25, 0.3) is 0 Å². The smallest absolute Gasteiger partial charge is 0.224 e. The standard InChI is InChI=1S/C13H19ClN4O2/c1-13(2,12(16)19)7-17-6-9-4-3-8(5-10(9)14)11(15)18-20/h3-5,17,20H,6-7H2,1-2H3,(H2,15,18)(H2,16,19). The van der Waals surface area contributed by atoms with Crippen LogP contribution < -0.4 is 16.8 Å². The lowest BCUT2D eigenvalue weighted by Crippen LogP contribution is -2.40. The van der Waals surface area contributed by atoms with Crippen molar-refractivity contribution in [1.29, 1.82) is 0 Å². The number of rotatable bonds is 6. The summed E-state index contributed by atoms with van der Waals surface area (Å²) in [6, 6.07) is 5.10. The number of hydrogen-bond donors (Lipinski definition) is 4. The van der Waals surface area contributed by atoms with Crippen molar-refractivity contribution in [2.75, 3.05) is 6.54 Å². The van der Waals surface area contributed by atoms with E-state index in [-0.39, 0.29) is 11.7 Å². The number of oxime groups is 1. The van der Waals surface area contributed by atoms with Crippen molar-refractivity contribution in [1.82, 2.24) is 5.32 Å². The third-order valence-corrected chi connectivity index (χ3v) is 3.36. The first kappa shape index (κ1) is 16.3. The normalized spacial score (nSPS) is 12.4. The van der Waals surface area contributed by atoms with E-state index in [1.165, 1.54) is 0 Å². The molecule has 0 aliphatic heterocycles. The van der Waals surface area contributed by atoms with Gasteiger partial charge in [0.1, 0.15) is 0 Å². The molecule has 20 heavy (non-hydrogen) atoms. The zero-order valence-electron chi connectivity index (χ0n) is 11.5. The maximum atomic E-state index is 11.2. The molecule has 7 heteroatoms. The Hall–Kier alpha value is -1.79. The molecule has 1 aromatic rings. The second-order valence-electron chi connectivity index (χ2n) is 5.14. The van der Waals surface area contributed by atoms with E-state index in [1.807, 2.05) is 0 Å². The van der Waals surface area contributed by atoms with Gasteiger partial charge in [0.15, 0.2) is 5.84 Å². The van der Waals surface area contributed by atoms with Crippen molar-refractivity contribution >= 4 is 23.3 Å². The molecule has 0 spiro atoms. The third-order valence-electron chi connectivity index (χ3n) is 3.01. The maximum absolute atomic E-state index is 11.2. The summed E-state index contributed by atoms with van der Waals surface area (Å²) in [5, 5.41) is 15.1. The first-order chi connectivity index (χ1) is 9.27. The van der Waals surface area contributed by atoms with Crippen LogP contribution in [0.15, 0.2) is 23.4 Å². The highest BCUT2D eigenvalue weighted by atomic mass is 35.5. The summed E-state index contributed by atoms with van der Waals surface area (Å²) in [7, 11) is 0. The van der Waals surface area contributed by atoms with Crippen LogP contribution in [0.2, 0.25) is 5.02 Å². The summed E-state index contributed by atoms with van der Waals surface area (Å²) >= 11 is 6.12. The maximum Gasteiger partial charge on any atom is 0.224 e. The Balaban J connectivity index is 2.69. The molecule has 6 N–H and O–H groups in total. The van der Waals surface area contributed by atoms with E-state index in [1.54, 1.807) is 32.0 Å². The van der Waals surface area contributed by atoms with Gasteiger partial charge in [0.2, 0.25) is 5.91 Å². The predicted molar refractivity (Wildman–Crippen MR) is 78.6 cm³/mol. The first-order valence-electron chi connectivity index (χ1n) is 6.05. The van der Waals surface area contributed by atoms with E-state index in [2.05, 4.69) is 10.5 Å². The summed E-state index contributed by atoms with van der Waals surface area (Å²) in [5.41, 5.74) is 11.5. The van der Waals surface area contributed by atoms with Crippen LogP contribution in [0.4, 0.5) is 0 Å². The fourth-order valence-electron chi connectivity index (χ4n) is 1.50. The van der Waals surface area contributed by atoms with Crippen LogP contribution in [-0.4, -0.2) is 23.5 Å². The van der Waals surface area contributed by atoms with Crippen molar-refractivity contribution in [2.24, 2.45) is 22.0 Å². The molecular weight excluding hydrogens is 280 g/mol. The van der Waals surface area contributed by atoms with Gasteiger partial charge in [-0.15, -0.1) is 0 Å². The monoisotopic (exact) mass is 298 g/mol. The minimum absolute atomic E-state index is 0.00118. The molecule has 0 bridgehead atoms. The summed E-state index contributed by atoms with van der Waals surface area (Å²) in [5.74, 6) is -0.361. The fourth-order valence-corrected chi connectivity index (χ4v) is 1.75. The molecule has 0 atom stereocenters. The number of nitrogens with two attached hydrogens (primary N) is 2. The highest BCUT2D eigenvalue weighted by Crippen LogP contribution is 2.19. The summed E-state index contributed by atoms with van der Waals surface area (Å²) < 4.78 is 0. The molecule has 0 radical (unpaired) electrons. The third kappa shape index (κ3) is 4.11. The summed E-state index contributed by atoms with van der Waals surface area (Å²) in [4.78, 5) is 11.2. The number of carbonyl (C=O) groups is 1. The molecule has 0 aliphatic carbocycles. The van der Waals surface area contributed by atoms with Crippen molar-refractivity contribution < 1.29 is 10.0 Å². The van der Waals surface area contributed by atoms with Crippen molar-refractivity contribution in [3.63, 3.8) is 0 Å². The fraction of sp³-hybridized carbons (Fsp3) is 0.385.